The Kier molecular flexibility index (Phi) is 5.77. The fourth-order valence-corrected chi connectivity index (χ4v) is 1.83. The molecule has 2 N–H and O–H groups in total. The van der Waals surface area contributed by atoms with Gasteiger partial charge in [-0.15, -0.1) is 0 Å². The highest BCUT2D eigenvalue weighted by Crippen LogP contribution is 2.12. The van der Waals surface area contributed by atoms with Crippen molar-refractivity contribution in [2.75, 3.05) is 6.67 Å². The maximum Gasteiger partial charge on any atom is 0.328 e. The quantitative estimate of drug-likeness (QED) is 0.842. The Labute approximate surface area is 112 Å². The predicted octanol–water partition coefficient (Wildman–Crippen LogP) is 1.92. The molecule has 0 aromatic heterocycles. The van der Waals surface area contributed by atoms with Crippen LogP contribution >= 0.6 is 15.9 Å². The maximum atomic E-state index is 12.3. The van der Waals surface area contributed by atoms with E-state index in [1.807, 2.05) is 24.3 Å². The summed E-state index contributed by atoms with van der Waals surface area (Å²) in [5, 5.41) is 10.7. The molecule has 1 atom stereocenters. The number of carboxylic acid groups (broad SMARTS) is 1. The second-order valence-electron chi connectivity index (χ2n) is 3.74. The summed E-state index contributed by atoms with van der Waals surface area (Å²) in [7, 11) is 0. The molecular formula is C12H13BrFNO3. The van der Waals surface area contributed by atoms with E-state index in [-0.39, 0.29) is 6.42 Å². The van der Waals surface area contributed by atoms with E-state index in [1.165, 1.54) is 0 Å². The Morgan fingerprint density at radius 1 is 1.44 bits per heavy atom. The first kappa shape index (κ1) is 14.6. The number of halogens is 2. The third-order valence-corrected chi connectivity index (χ3v) is 2.81. The molecule has 1 rings (SSSR count). The molecule has 0 aliphatic carbocycles. The van der Waals surface area contributed by atoms with Gasteiger partial charge in [-0.05, 0) is 24.1 Å². The minimum atomic E-state index is -1.46. The van der Waals surface area contributed by atoms with E-state index in [4.69, 9.17) is 5.11 Å². The molecule has 0 radical (unpaired) electrons. The number of hydrogen-bond acceptors (Lipinski definition) is 2. The van der Waals surface area contributed by atoms with Crippen molar-refractivity contribution in [1.82, 2.24) is 5.32 Å². The number of alkyl halides is 1. The first-order chi connectivity index (χ1) is 8.52. The summed E-state index contributed by atoms with van der Waals surface area (Å²) in [6, 6.07) is 5.99. The van der Waals surface area contributed by atoms with Gasteiger partial charge in [0.25, 0.3) is 0 Å². The van der Waals surface area contributed by atoms with E-state index in [2.05, 4.69) is 21.2 Å². The molecular weight excluding hydrogens is 305 g/mol. The van der Waals surface area contributed by atoms with Crippen LogP contribution in [-0.4, -0.2) is 29.7 Å². The van der Waals surface area contributed by atoms with Gasteiger partial charge in [-0.25, -0.2) is 9.18 Å². The highest BCUT2D eigenvalue weighted by Gasteiger charge is 2.19. The zero-order valence-corrected chi connectivity index (χ0v) is 11.1. The van der Waals surface area contributed by atoms with Crippen molar-refractivity contribution in [3.63, 3.8) is 0 Å². The van der Waals surface area contributed by atoms with Gasteiger partial charge in [0.05, 0.1) is 0 Å². The molecule has 0 aliphatic heterocycles. The summed E-state index contributed by atoms with van der Waals surface area (Å²) in [5.41, 5.74) is 0.951. The van der Waals surface area contributed by atoms with Crippen molar-refractivity contribution in [2.45, 2.75) is 18.9 Å². The Balaban J connectivity index is 2.44. The first-order valence-electron chi connectivity index (χ1n) is 5.35. The molecule has 1 aromatic carbocycles. The molecule has 18 heavy (non-hydrogen) atoms. The van der Waals surface area contributed by atoms with Crippen molar-refractivity contribution >= 4 is 27.8 Å². The number of carboxylic acids is 1. The largest absolute Gasteiger partial charge is 0.480 e. The van der Waals surface area contributed by atoms with E-state index in [0.717, 1.165) is 10.0 Å². The Bertz CT molecular complexity index is 439. The molecule has 0 heterocycles. The topological polar surface area (TPSA) is 66.4 Å². The van der Waals surface area contributed by atoms with Crippen LogP contribution in [0.15, 0.2) is 28.7 Å². The summed E-state index contributed by atoms with van der Waals surface area (Å²) in [5.74, 6) is -1.84. The van der Waals surface area contributed by atoms with Crippen molar-refractivity contribution in [3.8, 4) is 0 Å². The van der Waals surface area contributed by atoms with Gasteiger partial charge in [0.2, 0.25) is 5.91 Å². The van der Waals surface area contributed by atoms with Crippen LogP contribution in [0.2, 0.25) is 0 Å². The molecule has 4 nitrogen and oxygen atoms in total. The number of nitrogens with one attached hydrogen (secondary N) is 1. The van der Waals surface area contributed by atoms with Gasteiger partial charge in [-0.1, -0.05) is 28.1 Å². The van der Waals surface area contributed by atoms with Crippen LogP contribution in [0, 0.1) is 0 Å². The van der Waals surface area contributed by atoms with Crippen molar-refractivity contribution in [2.24, 2.45) is 0 Å². The molecule has 0 saturated carbocycles. The molecule has 0 spiro atoms. The monoisotopic (exact) mass is 317 g/mol. The van der Waals surface area contributed by atoms with E-state index in [9.17, 15) is 14.0 Å². The first-order valence-corrected chi connectivity index (χ1v) is 6.15. The molecule has 0 fully saturated rings. The number of rotatable bonds is 6. The number of hydrogen-bond donors (Lipinski definition) is 2. The summed E-state index contributed by atoms with van der Waals surface area (Å²) in [6.07, 6.45) is 0.601. The molecule has 0 bridgehead atoms. The summed E-state index contributed by atoms with van der Waals surface area (Å²) in [6.45, 7) is -1.11. The Morgan fingerprint density at radius 3 is 2.72 bits per heavy atom. The van der Waals surface area contributed by atoms with Crippen LogP contribution in [0.4, 0.5) is 4.39 Å². The third kappa shape index (κ3) is 4.83. The minimum Gasteiger partial charge on any atom is -0.480 e. The number of carbonyl (C=O) groups excluding carboxylic acids is 1. The number of carbonyl (C=O) groups is 2. The van der Waals surface area contributed by atoms with E-state index >= 15 is 0 Å². The van der Waals surface area contributed by atoms with E-state index < -0.39 is 24.6 Å². The Morgan fingerprint density at radius 2 is 2.17 bits per heavy atom. The normalized spacial score (nSPS) is 11.9. The molecule has 1 aromatic rings. The van der Waals surface area contributed by atoms with Gasteiger partial charge in [0.15, 0.2) is 6.04 Å². The van der Waals surface area contributed by atoms with Gasteiger partial charge in [-0.2, -0.15) is 0 Å². The Hall–Kier alpha value is -1.43. The third-order valence-electron chi connectivity index (χ3n) is 2.32. The summed E-state index contributed by atoms with van der Waals surface area (Å²) in [4.78, 5) is 21.9. The van der Waals surface area contributed by atoms with Crippen LogP contribution in [0.5, 0.6) is 0 Å². The van der Waals surface area contributed by atoms with Crippen LogP contribution in [0.3, 0.4) is 0 Å². The standard InChI is InChI=1S/C12H13BrFNO3/c13-9-3-1-2-8(6-9)4-5-11(16)15-10(7-14)12(17)18/h1-3,6,10H,4-5,7H2,(H,15,16)(H,17,18). The van der Waals surface area contributed by atoms with Crippen LogP contribution in [-0.2, 0) is 16.0 Å². The van der Waals surface area contributed by atoms with Crippen molar-refractivity contribution in [1.29, 1.82) is 0 Å². The number of benzene rings is 1. The maximum absolute atomic E-state index is 12.3. The highest BCUT2D eigenvalue weighted by atomic mass is 79.9. The van der Waals surface area contributed by atoms with Crippen molar-refractivity contribution < 1.29 is 19.1 Å². The lowest BCUT2D eigenvalue weighted by Crippen LogP contribution is -2.42. The van der Waals surface area contributed by atoms with Gasteiger partial charge < -0.3 is 10.4 Å². The van der Waals surface area contributed by atoms with Crippen LogP contribution in [0.25, 0.3) is 0 Å². The zero-order chi connectivity index (χ0) is 13.5. The lowest BCUT2D eigenvalue weighted by Gasteiger charge is -2.10. The summed E-state index contributed by atoms with van der Waals surface area (Å²) >= 11 is 3.31. The van der Waals surface area contributed by atoms with Crippen LogP contribution < -0.4 is 5.32 Å². The molecule has 1 unspecified atom stereocenters. The predicted molar refractivity (Wildman–Crippen MR) is 68.0 cm³/mol. The second kappa shape index (κ2) is 7.10. The van der Waals surface area contributed by atoms with Gasteiger partial charge in [-0.3, -0.25) is 4.79 Å². The molecule has 1 amide bonds. The van der Waals surface area contributed by atoms with Gasteiger partial charge >= 0.3 is 5.97 Å². The fourth-order valence-electron chi connectivity index (χ4n) is 1.38. The summed E-state index contributed by atoms with van der Waals surface area (Å²) < 4.78 is 13.2. The smallest absolute Gasteiger partial charge is 0.328 e. The van der Waals surface area contributed by atoms with Gasteiger partial charge in [0.1, 0.15) is 6.67 Å². The average Bonchev–Trinajstić information content (AvgIpc) is 2.33. The molecule has 0 aliphatic rings. The number of aliphatic carboxylic acids is 1. The number of amides is 1. The fraction of sp³-hybridized carbons (Fsp3) is 0.333. The molecule has 0 saturated heterocycles. The number of aryl methyl sites for hydroxylation is 1. The zero-order valence-electron chi connectivity index (χ0n) is 9.53. The molecule has 98 valence electrons. The average molecular weight is 318 g/mol. The van der Waals surface area contributed by atoms with E-state index in [0.29, 0.717) is 6.42 Å². The van der Waals surface area contributed by atoms with Gasteiger partial charge in [0, 0.05) is 10.9 Å². The van der Waals surface area contributed by atoms with Crippen molar-refractivity contribution in [3.05, 3.63) is 34.3 Å². The lowest BCUT2D eigenvalue weighted by atomic mass is 10.1. The lowest BCUT2D eigenvalue weighted by molar-refractivity contribution is -0.142. The second-order valence-corrected chi connectivity index (χ2v) is 4.66. The SMILES string of the molecule is O=C(CCc1cccc(Br)c1)NC(CF)C(=O)O. The van der Waals surface area contributed by atoms with Crippen LogP contribution in [0.1, 0.15) is 12.0 Å². The molecule has 6 heteroatoms. The highest BCUT2D eigenvalue weighted by molar-refractivity contribution is 9.10. The minimum absolute atomic E-state index is 0.125. The van der Waals surface area contributed by atoms with E-state index in [1.54, 1.807) is 0 Å².